The van der Waals surface area contributed by atoms with Crippen LogP contribution in [0.25, 0.3) is 0 Å². The molecule has 0 heterocycles. The molecule has 0 aromatic heterocycles. The summed E-state index contributed by atoms with van der Waals surface area (Å²) in [5.41, 5.74) is 5.36. The number of carbonyl (C=O) groups excluding carboxylic acids is 2. The quantitative estimate of drug-likeness (QED) is 0.507. The number of hydrogen-bond donors (Lipinski definition) is 3. The maximum absolute atomic E-state index is 11.3. The van der Waals surface area contributed by atoms with Gasteiger partial charge in [0.1, 0.15) is 0 Å². The van der Waals surface area contributed by atoms with Crippen molar-refractivity contribution in [3.05, 3.63) is 0 Å². The Bertz CT molecular complexity index is 252. The van der Waals surface area contributed by atoms with E-state index in [1.165, 1.54) is 0 Å². The molecule has 0 aromatic rings. The van der Waals surface area contributed by atoms with Gasteiger partial charge in [-0.05, 0) is 32.2 Å². The Labute approximate surface area is 103 Å². The van der Waals surface area contributed by atoms with Crippen molar-refractivity contribution in [2.75, 3.05) is 13.1 Å². The van der Waals surface area contributed by atoms with E-state index in [2.05, 4.69) is 10.6 Å². The van der Waals surface area contributed by atoms with Crippen LogP contribution in [0, 0.1) is 0 Å². The van der Waals surface area contributed by atoms with Gasteiger partial charge in [0.25, 0.3) is 0 Å². The van der Waals surface area contributed by atoms with Gasteiger partial charge < -0.3 is 16.4 Å². The Morgan fingerprint density at radius 2 is 1.82 bits per heavy atom. The average molecular weight is 241 g/mol. The largest absolute Gasteiger partial charge is 0.356 e. The molecule has 0 unspecified atom stereocenters. The fraction of sp³-hybridized carbons (Fsp3) is 0.833. The normalized spacial score (nSPS) is 14.4. The molecule has 1 rings (SSSR count). The molecule has 1 saturated carbocycles. The summed E-state index contributed by atoms with van der Waals surface area (Å²) in [7, 11) is 0. The molecule has 1 aliphatic rings. The van der Waals surface area contributed by atoms with Crippen LogP contribution in [0.1, 0.15) is 44.9 Å². The van der Waals surface area contributed by atoms with E-state index in [1.807, 2.05) is 0 Å². The van der Waals surface area contributed by atoms with E-state index in [9.17, 15) is 9.59 Å². The minimum atomic E-state index is 0.0289. The first kappa shape index (κ1) is 14.0. The lowest BCUT2D eigenvalue weighted by Crippen LogP contribution is -2.31. The van der Waals surface area contributed by atoms with Crippen LogP contribution in [0.3, 0.4) is 0 Å². The van der Waals surface area contributed by atoms with Gasteiger partial charge in [0, 0.05) is 25.4 Å². The first-order chi connectivity index (χ1) is 8.22. The van der Waals surface area contributed by atoms with Gasteiger partial charge in [0.05, 0.1) is 0 Å². The molecule has 0 saturated heterocycles. The Kier molecular flexibility index (Phi) is 6.62. The van der Waals surface area contributed by atoms with Crippen molar-refractivity contribution in [2.45, 2.75) is 51.0 Å². The summed E-state index contributed by atoms with van der Waals surface area (Å²) in [4.78, 5) is 22.6. The van der Waals surface area contributed by atoms with Crippen molar-refractivity contribution in [1.82, 2.24) is 10.6 Å². The number of nitrogens with two attached hydrogens (primary N) is 1. The number of hydrogen-bond acceptors (Lipinski definition) is 3. The molecule has 0 atom stereocenters. The number of nitrogens with one attached hydrogen (secondary N) is 2. The molecular formula is C12H23N3O2. The highest BCUT2D eigenvalue weighted by Crippen LogP contribution is 2.18. The van der Waals surface area contributed by atoms with E-state index in [1.54, 1.807) is 0 Å². The van der Waals surface area contributed by atoms with Crippen LogP contribution < -0.4 is 16.4 Å². The van der Waals surface area contributed by atoms with Gasteiger partial charge in [-0.3, -0.25) is 9.59 Å². The molecule has 1 aliphatic carbocycles. The summed E-state index contributed by atoms with van der Waals surface area (Å²) in [6.07, 6.45) is 5.94. The third kappa shape index (κ3) is 7.74. The van der Waals surface area contributed by atoms with Crippen LogP contribution >= 0.6 is 0 Å². The summed E-state index contributed by atoms with van der Waals surface area (Å²) in [5, 5.41) is 5.64. The predicted octanol–water partition coefficient (Wildman–Crippen LogP) is 0.290. The van der Waals surface area contributed by atoms with Gasteiger partial charge in [0.2, 0.25) is 11.8 Å². The van der Waals surface area contributed by atoms with Crippen LogP contribution in [-0.4, -0.2) is 30.9 Å². The maximum atomic E-state index is 11.3. The standard InChI is InChI=1S/C12H23N3O2/c13-8-3-1-2-4-11(16)14-9-7-12(17)15-10-5-6-10/h10H,1-9,13H2,(H,14,16)(H,15,17). The molecule has 98 valence electrons. The fourth-order valence-electron chi connectivity index (χ4n) is 1.54. The zero-order valence-corrected chi connectivity index (χ0v) is 10.3. The minimum Gasteiger partial charge on any atom is -0.356 e. The van der Waals surface area contributed by atoms with E-state index in [0.717, 1.165) is 32.1 Å². The molecule has 5 nitrogen and oxygen atoms in total. The first-order valence-electron chi connectivity index (χ1n) is 6.48. The zero-order valence-electron chi connectivity index (χ0n) is 10.3. The van der Waals surface area contributed by atoms with Crippen LogP contribution in [0.15, 0.2) is 0 Å². The fourth-order valence-corrected chi connectivity index (χ4v) is 1.54. The average Bonchev–Trinajstić information content (AvgIpc) is 3.08. The molecular weight excluding hydrogens is 218 g/mol. The summed E-state index contributed by atoms with van der Waals surface area (Å²) < 4.78 is 0. The summed E-state index contributed by atoms with van der Waals surface area (Å²) >= 11 is 0. The van der Waals surface area contributed by atoms with Crippen LogP contribution in [0.2, 0.25) is 0 Å². The SMILES string of the molecule is NCCCCCC(=O)NCCC(=O)NC1CC1. The van der Waals surface area contributed by atoms with E-state index in [4.69, 9.17) is 5.73 Å². The van der Waals surface area contributed by atoms with Gasteiger partial charge in [-0.15, -0.1) is 0 Å². The van der Waals surface area contributed by atoms with E-state index < -0.39 is 0 Å². The molecule has 0 spiro atoms. The lowest BCUT2D eigenvalue weighted by atomic mass is 10.2. The Morgan fingerprint density at radius 3 is 2.47 bits per heavy atom. The molecule has 2 amide bonds. The topological polar surface area (TPSA) is 84.2 Å². The molecule has 17 heavy (non-hydrogen) atoms. The lowest BCUT2D eigenvalue weighted by molar-refractivity contribution is -0.122. The van der Waals surface area contributed by atoms with Crippen molar-refractivity contribution in [1.29, 1.82) is 0 Å². The second-order valence-electron chi connectivity index (χ2n) is 4.54. The number of rotatable bonds is 9. The Morgan fingerprint density at radius 1 is 1.06 bits per heavy atom. The zero-order chi connectivity index (χ0) is 12.5. The van der Waals surface area contributed by atoms with Gasteiger partial charge >= 0.3 is 0 Å². The van der Waals surface area contributed by atoms with Gasteiger partial charge in [0.15, 0.2) is 0 Å². The molecule has 0 bridgehead atoms. The molecule has 0 aliphatic heterocycles. The Balaban J connectivity index is 1.90. The molecule has 0 radical (unpaired) electrons. The second kappa shape index (κ2) is 8.06. The van der Waals surface area contributed by atoms with Crippen molar-refractivity contribution in [3.63, 3.8) is 0 Å². The Hall–Kier alpha value is -1.10. The smallest absolute Gasteiger partial charge is 0.221 e. The van der Waals surface area contributed by atoms with Gasteiger partial charge in [-0.1, -0.05) is 6.42 Å². The highest BCUT2D eigenvalue weighted by atomic mass is 16.2. The molecule has 4 N–H and O–H groups in total. The summed E-state index contributed by atoms with van der Waals surface area (Å²) in [5.74, 6) is 0.0668. The van der Waals surface area contributed by atoms with Crippen molar-refractivity contribution >= 4 is 11.8 Å². The number of carbonyl (C=O) groups is 2. The molecule has 1 fully saturated rings. The monoisotopic (exact) mass is 241 g/mol. The van der Waals surface area contributed by atoms with Crippen molar-refractivity contribution in [3.8, 4) is 0 Å². The maximum Gasteiger partial charge on any atom is 0.221 e. The van der Waals surface area contributed by atoms with Crippen molar-refractivity contribution in [2.24, 2.45) is 5.73 Å². The number of amides is 2. The van der Waals surface area contributed by atoms with E-state index >= 15 is 0 Å². The van der Waals surface area contributed by atoms with E-state index in [-0.39, 0.29) is 11.8 Å². The minimum absolute atomic E-state index is 0.0289. The van der Waals surface area contributed by atoms with Gasteiger partial charge in [-0.2, -0.15) is 0 Å². The van der Waals surface area contributed by atoms with Crippen LogP contribution in [0.4, 0.5) is 0 Å². The van der Waals surface area contributed by atoms with Crippen molar-refractivity contribution < 1.29 is 9.59 Å². The first-order valence-corrected chi connectivity index (χ1v) is 6.48. The summed E-state index contributed by atoms with van der Waals surface area (Å²) in [6, 6.07) is 0.398. The summed E-state index contributed by atoms with van der Waals surface area (Å²) in [6.45, 7) is 1.12. The third-order valence-electron chi connectivity index (χ3n) is 2.72. The van der Waals surface area contributed by atoms with Gasteiger partial charge in [-0.25, -0.2) is 0 Å². The number of unbranched alkanes of at least 4 members (excludes halogenated alkanes) is 2. The van der Waals surface area contributed by atoms with E-state index in [0.29, 0.717) is 32.0 Å². The highest BCUT2D eigenvalue weighted by molar-refractivity contribution is 5.79. The molecule has 0 aromatic carbocycles. The lowest BCUT2D eigenvalue weighted by Gasteiger charge is -2.05. The third-order valence-corrected chi connectivity index (χ3v) is 2.72. The highest BCUT2D eigenvalue weighted by Gasteiger charge is 2.22. The van der Waals surface area contributed by atoms with Crippen LogP contribution in [0.5, 0.6) is 0 Å². The predicted molar refractivity (Wildman–Crippen MR) is 66.3 cm³/mol. The second-order valence-corrected chi connectivity index (χ2v) is 4.54. The molecule has 5 heteroatoms. The van der Waals surface area contributed by atoms with Crippen LogP contribution in [-0.2, 0) is 9.59 Å².